The van der Waals surface area contributed by atoms with Crippen molar-refractivity contribution >= 4 is 6.08 Å². The summed E-state index contributed by atoms with van der Waals surface area (Å²) in [5.74, 6) is 11.5. The second-order valence-electron chi connectivity index (χ2n) is 1.99. The van der Waals surface area contributed by atoms with E-state index in [2.05, 4.69) is 23.7 Å². The number of hydrogen-bond acceptors (Lipinski definition) is 1. The van der Waals surface area contributed by atoms with Crippen LogP contribution in [0.25, 0.3) is 6.08 Å². The molecule has 0 amide bonds. The number of allylic oxidation sites excluding steroid dienone is 1. The Hall–Kier alpha value is -1.86. The minimum Gasteiger partial charge on any atom is -0.465 e. The number of furan rings is 1. The summed E-state index contributed by atoms with van der Waals surface area (Å²) in [5.41, 5.74) is 0. The van der Waals surface area contributed by atoms with E-state index in [9.17, 15) is 0 Å². The van der Waals surface area contributed by atoms with Crippen LogP contribution < -0.4 is 0 Å². The molecule has 0 atom stereocenters. The maximum Gasteiger partial charge on any atom is 0.127 e. The van der Waals surface area contributed by atoms with Crippen molar-refractivity contribution in [2.45, 2.75) is 6.92 Å². The zero-order chi connectivity index (χ0) is 8.65. The summed E-state index contributed by atoms with van der Waals surface area (Å²) < 4.78 is 5.05. The Morgan fingerprint density at radius 2 is 2.33 bits per heavy atom. The minimum absolute atomic E-state index is 0.800. The molecule has 0 saturated carbocycles. The van der Waals surface area contributed by atoms with Crippen molar-refractivity contribution in [2.75, 3.05) is 0 Å². The van der Waals surface area contributed by atoms with Crippen molar-refractivity contribution in [1.29, 1.82) is 0 Å². The van der Waals surface area contributed by atoms with Gasteiger partial charge >= 0.3 is 0 Å². The molecule has 1 heteroatoms. The Labute approximate surface area is 72.1 Å². The molecular weight excluding hydrogens is 148 g/mol. The topological polar surface area (TPSA) is 13.1 Å². The van der Waals surface area contributed by atoms with Crippen molar-refractivity contribution < 1.29 is 4.42 Å². The third kappa shape index (κ3) is 2.82. The Balaban J connectivity index is 2.52. The molecule has 0 bridgehead atoms. The molecule has 0 fully saturated rings. The fraction of sp³-hybridized carbons (Fsp3) is 0.0909. The average Bonchev–Trinajstić information content (AvgIpc) is 2.57. The van der Waals surface area contributed by atoms with Crippen LogP contribution in [0.15, 0.2) is 28.9 Å². The van der Waals surface area contributed by atoms with Gasteiger partial charge in [-0.3, -0.25) is 0 Å². The highest BCUT2D eigenvalue weighted by atomic mass is 16.3. The maximum absolute atomic E-state index is 5.05. The lowest BCUT2D eigenvalue weighted by atomic mass is 10.4. The van der Waals surface area contributed by atoms with Crippen molar-refractivity contribution in [3.8, 4) is 23.7 Å². The summed E-state index contributed by atoms with van der Waals surface area (Å²) >= 11 is 0. The van der Waals surface area contributed by atoms with Crippen LogP contribution in [0.3, 0.4) is 0 Å². The third-order valence-electron chi connectivity index (χ3n) is 1.13. The molecule has 0 spiro atoms. The average molecular weight is 156 g/mol. The van der Waals surface area contributed by atoms with Gasteiger partial charge in [0.05, 0.1) is 6.26 Å². The van der Waals surface area contributed by atoms with E-state index in [1.807, 2.05) is 12.1 Å². The Bertz CT molecular complexity index is 361. The SMILES string of the molecule is CC#CC#CC=Cc1ccco1. The van der Waals surface area contributed by atoms with Gasteiger partial charge in [-0.15, -0.1) is 0 Å². The first-order chi connectivity index (χ1) is 5.93. The highest BCUT2D eigenvalue weighted by molar-refractivity contribution is 5.48. The van der Waals surface area contributed by atoms with Gasteiger partial charge in [-0.25, -0.2) is 0 Å². The van der Waals surface area contributed by atoms with Crippen molar-refractivity contribution in [3.63, 3.8) is 0 Å². The zero-order valence-electron chi connectivity index (χ0n) is 6.79. The summed E-state index contributed by atoms with van der Waals surface area (Å²) in [6.45, 7) is 1.75. The van der Waals surface area contributed by atoms with Crippen molar-refractivity contribution in [1.82, 2.24) is 0 Å². The Morgan fingerprint density at radius 1 is 1.42 bits per heavy atom. The summed E-state index contributed by atoms with van der Waals surface area (Å²) in [5, 5.41) is 0. The van der Waals surface area contributed by atoms with Crippen LogP contribution in [0.4, 0.5) is 0 Å². The van der Waals surface area contributed by atoms with Crippen LogP contribution in [0.5, 0.6) is 0 Å². The second kappa shape index (κ2) is 4.88. The van der Waals surface area contributed by atoms with Gasteiger partial charge in [0.25, 0.3) is 0 Å². The molecule has 0 aromatic carbocycles. The molecule has 0 aliphatic rings. The van der Waals surface area contributed by atoms with Gasteiger partial charge in [0.2, 0.25) is 0 Å². The van der Waals surface area contributed by atoms with Crippen LogP contribution in [0.2, 0.25) is 0 Å². The summed E-state index contributed by atoms with van der Waals surface area (Å²) in [6.07, 6.45) is 5.13. The second-order valence-corrected chi connectivity index (χ2v) is 1.99. The normalized spacial score (nSPS) is 8.42. The van der Waals surface area contributed by atoms with Crippen molar-refractivity contribution in [3.05, 3.63) is 30.2 Å². The van der Waals surface area contributed by atoms with Gasteiger partial charge in [-0.05, 0) is 43.0 Å². The van der Waals surface area contributed by atoms with Crippen LogP contribution >= 0.6 is 0 Å². The Morgan fingerprint density at radius 3 is 3.00 bits per heavy atom. The fourth-order valence-corrected chi connectivity index (χ4v) is 0.650. The predicted molar refractivity (Wildman–Crippen MR) is 49.0 cm³/mol. The van der Waals surface area contributed by atoms with E-state index in [0.29, 0.717) is 0 Å². The van der Waals surface area contributed by atoms with Crippen LogP contribution in [0, 0.1) is 23.7 Å². The van der Waals surface area contributed by atoms with Gasteiger partial charge in [0.1, 0.15) is 5.76 Å². The van der Waals surface area contributed by atoms with Gasteiger partial charge in [0.15, 0.2) is 0 Å². The molecule has 0 N–H and O–H groups in total. The zero-order valence-corrected chi connectivity index (χ0v) is 6.79. The fourth-order valence-electron chi connectivity index (χ4n) is 0.650. The van der Waals surface area contributed by atoms with E-state index in [4.69, 9.17) is 4.42 Å². The van der Waals surface area contributed by atoms with Gasteiger partial charge < -0.3 is 4.42 Å². The molecule has 0 aliphatic heterocycles. The first-order valence-electron chi connectivity index (χ1n) is 3.56. The number of hydrogen-bond donors (Lipinski definition) is 0. The van der Waals surface area contributed by atoms with Crippen molar-refractivity contribution in [2.24, 2.45) is 0 Å². The lowest BCUT2D eigenvalue weighted by Crippen LogP contribution is -1.57. The lowest BCUT2D eigenvalue weighted by Gasteiger charge is -1.76. The van der Waals surface area contributed by atoms with Crippen LogP contribution in [-0.2, 0) is 0 Å². The first kappa shape index (κ1) is 8.24. The highest BCUT2D eigenvalue weighted by Crippen LogP contribution is 2.00. The molecule has 12 heavy (non-hydrogen) atoms. The maximum atomic E-state index is 5.05. The van der Waals surface area contributed by atoms with Gasteiger partial charge in [-0.1, -0.05) is 11.8 Å². The molecule has 1 heterocycles. The van der Waals surface area contributed by atoms with E-state index in [1.165, 1.54) is 0 Å². The van der Waals surface area contributed by atoms with E-state index >= 15 is 0 Å². The smallest absolute Gasteiger partial charge is 0.127 e. The molecule has 1 aromatic rings. The van der Waals surface area contributed by atoms with Crippen LogP contribution in [-0.4, -0.2) is 0 Å². The van der Waals surface area contributed by atoms with E-state index in [0.717, 1.165) is 5.76 Å². The molecule has 0 radical (unpaired) electrons. The minimum atomic E-state index is 0.800. The molecule has 1 rings (SSSR count). The molecular formula is C11H8O. The standard InChI is InChI=1S/C11H8O/c1-2-3-4-5-6-8-11-9-7-10-12-11/h6-10H,1H3. The largest absolute Gasteiger partial charge is 0.465 e. The molecule has 0 unspecified atom stereocenters. The summed E-state index contributed by atoms with van der Waals surface area (Å²) in [4.78, 5) is 0. The van der Waals surface area contributed by atoms with E-state index in [-0.39, 0.29) is 0 Å². The molecule has 1 aromatic heterocycles. The predicted octanol–water partition coefficient (Wildman–Crippen LogP) is 2.32. The number of rotatable bonds is 1. The van der Waals surface area contributed by atoms with Gasteiger partial charge in [-0.2, -0.15) is 0 Å². The summed E-state index contributed by atoms with van der Waals surface area (Å²) in [7, 11) is 0. The monoisotopic (exact) mass is 156 g/mol. The third-order valence-corrected chi connectivity index (χ3v) is 1.13. The van der Waals surface area contributed by atoms with E-state index < -0.39 is 0 Å². The molecule has 0 saturated heterocycles. The first-order valence-corrected chi connectivity index (χ1v) is 3.56. The summed E-state index contributed by atoms with van der Waals surface area (Å²) in [6, 6.07) is 3.70. The van der Waals surface area contributed by atoms with E-state index in [1.54, 1.807) is 25.3 Å². The Kier molecular flexibility index (Phi) is 3.35. The quantitative estimate of drug-likeness (QED) is 0.569. The highest BCUT2D eigenvalue weighted by Gasteiger charge is 1.83. The lowest BCUT2D eigenvalue weighted by molar-refractivity contribution is 0.557. The van der Waals surface area contributed by atoms with Gasteiger partial charge in [0, 0.05) is 0 Å². The molecule has 1 nitrogen and oxygen atoms in total. The molecule has 0 aliphatic carbocycles. The molecule has 58 valence electrons. The van der Waals surface area contributed by atoms with Crippen LogP contribution in [0.1, 0.15) is 12.7 Å².